The molecule has 2 heterocycles. The van der Waals surface area contributed by atoms with Crippen molar-refractivity contribution < 1.29 is 9.59 Å². The molecule has 0 unspecified atom stereocenters. The summed E-state index contributed by atoms with van der Waals surface area (Å²) in [6.07, 6.45) is 0.411. The zero-order chi connectivity index (χ0) is 15.7. The Morgan fingerprint density at radius 1 is 1.32 bits per heavy atom. The zero-order valence-corrected chi connectivity index (χ0v) is 13.4. The average molecular weight is 314 g/mol. The predicted octanol–water partition coefficient (Wildman–Crippen LogP) is 2.84. The Bertz CT molecular complexity index is 720. The summed E-state index contributed by atoms with van der Waals surface area (Å²) in [4.78, 5) is 24.9. The van der Waals surface area contributed by atoms with E-state index >= 15 is 0 Å². The molecule has 0 saturated heterocycles. The summed E-state index contributed by atoms with van der Waals surface area (Å²) < 4.78 is 0. The van der Waals surface area contributed by atoms with Crippen molar-refractivity contribution >= 4 is 28.8 Å². The van der Waals surface area contributed by atoms with Crippen LogP contribution in [0.2, 0.25) is 0 Å². The molecule has 22 heavy (non-hydrogen) atoms. The molecule has 5 heteroatoms. The molecule has 2 aromatic rings. The van der Waals surface area contributed by atoms with E-state index in [9.17, 15) is 9.59 Å². The Labute approximate surface area is 133 Å². The fourth-order valence-electron chi connectivity index (χ4n) is 2.56. The molecule has 1 aliphatic rings. The van der Waals surface area contributed by atoms with E-state index < -0.39 is 5.41 Å². The maximum atomic E-state index is 11.9. The number of thiophene rings is 1. The second-order valence-electron chi connectivity index (χ2n) is 5.99. The molecule has 114 valence electrons. The standard InChI is InChI=1S/C17H18N2O2S/c1-17(2)13-8-11(5-6-14(13)19-16(17)21)10-18-15(20)9-12-4-3-7-22-12/h3-8H,9-10H2,1-2H3,(H,18,20)(H,19,21). The minimum atomic E-state index is -0.522. The maximum Gasteiger partial charge on any atom is 0.234 e. The van der Waals surface area contributed by atoms with E-state index in [2.05, 4.69) is 10.6 Å². The van der Waals surface area contributed by atoms with Gasteiger partial charge in [-0.05, 0) is 42.5 Å². The van der Waals surface area contributed by atoms with E-state index in [4.69, 9.17) is 0 Å². The first-order valence-corrected chi connectivity index (χ1v) is 8.09. The molecule has 4 nitrogen and oxygen atoms in total. The van der Waals surface area contributed by atoms with Crippen LogP contribution in [0.1, 0.15) is 29.9 Å². The van der Waals surface area contributed by atoms with Gasteiger partial charge in [0.1, 0.15) is 0 Å². The quantitative estimate of drug-likeness (QED) is 0.911. The summed E-state index contributed by atoms with van der Waals surface area (Å²) in [5.41, 5.74) is 2.33. The Morgan fingerprint density at radius 2 is 2.14 bits per heavy atom. The summed E-state index contributed by atoms with van der Waals surface area (Å²) in [6.45, 7) is 4.29. The maximum absolute atomic E-state index is 11.9. The molecular weight excluding hydrogens is 296 g/mol. The highest BCUT2D eigenvalue weighted by molar-refractivity contribution is 7.10. The van der Waals surface area contributed by atoms with E-state index in [0.717, 1.165) is 21.7 Å². The SMILES string of the molecule is CC1(C)C(=O)Nc2ccc(CNC(=O)Cc3cccs3)cc21. The van der Waals surface area contributed by atoms with Gasteiger partial charge in [-0.2, -0.15) is 0 Å². The minimum absolute atomic E-state index is 0.0106. The van der Waals surface area contributed by atoms with E-state index in [1.54, 1.807) is 11.3 Å². The summed E-state index contributed by atoms with van der Waals surface area (Å²) in [5.74, 6) is 0.0257. The molecule has 0 atom stereocenters. The smallest absolute Gasteiger partial charge is 0.234 e. The number of rotatable bonds is 4. The largest absolute Gasteiger partial charge is 0.352 e. The predicted molar refractivity (Wildman–Crippen MR) is 88.0 cm³/mol. The average Bonchev–Trinajstić information content (AvgIpc) is 3.05. The lowest BCUT2D eigenvalue weighted by Crippen LogP contribution is -2.27. The van der Waals surface area contributed by atoms with E-state index in [0.29, 0.717) is 13.0 Å². The van der Waals surface area contributed by atoms with E-state index in [1.807, 2.05) is 49.6 Å². The van der Waals surface area contributed by atoms with Crippen LogP contribution in [0.5, 0.6) is 0 Å². The molecule has 1 aromatic heterocycles. The van der Waals surface area contributed by atoms with Crippen molar-refractivity contribution in [3.05, 3.63) is 51.7 Å². The van der Waals surface area contributed by atoms with Gasteiger partial charge in [0, 0.05) is 17.1 Å². The van der Waals surface area contributed by atoms with Crippen molar-refractivity contribution in [3.63, 3.8) is 0 Å². The number of hydrogen-bond donors (Lipinski definition) is 2. The molecule has 0 saturated carbocycles. The van der Waals surface area contributed by atoms with Gasteiger partial charge in [0.15, 0.2) is 0 Å². The fourth-order valence-corrected chi connectivity index (χ4v) is 3.27. The Morgan fingerprint density at radius 3 is 2.86 bits per heavy atom. The molecule has 3 rings (SSSR count). The highest BCUT2D eigenvalue weighted by Gasteiger charge is 2.38. The molecule has 2 N–H and O–H groups in total. The van der Waals surface area contributed by atoms with Crippen molar-refractivity contribution in [1.82, 2.24) is 5.32 Å². The topological polar surface area (TPSA) is 58.2 Å². The number of benzene rings is 1. The number of fused-ring (bicyclic) bond motifs is 1. The lowest BCUT2D eigenvalue weighted by Gasteiger charge is -2.16. The van der Waals surface area contributed by atoms with Crippen LogP contribution in [0, 0.1) is 0 Å². The second kappa shape index (κ2) is 5.57. The van der Waals surface area contributed by atoms with Crippen molar-refractivity contribution in [3.8, 4) is 0 Å². The van der Waals surface area contributed by atoms with Crippen LogP contribution in [0.25, 0.3) is 0 Å². The van der Waals surface area contributed by atoms with Crippen LogP contribution >= 0.6 is 11.3 Å². The first-order chi connectivity index (χ1) is 10.5. The van der Waals surface area contributed by atoms with Crippen LogP contribution in [-0.4, -0.2) is 11.8 Å². The van der Waals surface area contributed by atoms with Crippen LogP contribution in [-0.2, 0) is 28.0 Å². The minimum Gasteiger partial charge on any atom is -0.352 e. The van der Waals surface area contributed by atoms with Gasteiger partial charge in [0.05, 0.1) is 11.8 Å². The van der Waals surface area contributed by atoms with Crippen molar-refractivity contribution in [1.29, 1.82) is 0 Å². The summed E-state index contributed by atoms with van der Waals surface area (Å²) >= 11 is 1.58. The molecule has 2 amide bonds. The lowest BCUT2D eigenvalue weighted by atomic mass is 9.85. The van der Waals surface area contributed by atoms with Crippen LogP contribution in [0.4, 0.5) is 5.69 Å². The molecule has 1 aromatic carbocycles. The summed E-state index contributed by atoms with van der Waals surface area (Å²) in [7, 11) is 0. The molecule has 0 radical (unpaired) electrons. The van der Waals surface area contributed by atoms with Crippen LogP contribution in [0.3, 0.4) is 0 Å². The normalized spacial score (nSPS) is 15.3. The summed E-state index contributed by atoms with van der Waals surface area (Å²) in [5, 5.41) is 7.78. The van der Waals surface area contributed by atoms with Crippen molar-refractivity contribution in [2.45, 2.75) is 32.2 Å². The monoisotopic (exact) mass is 314 g/mol. The molecule has 0 fully saturated rings. The highest BCUT2D eigenvalue weighted by atomic mass is 32.1. The number of anilines is 1. The molecule has 0 spiro atoms. The summed E-state index contributed by atoms with van der Waals surface area (Å²) in [6, 6.07) is 9.74. The van der Waals surface area contributed by atoms with Gasteiger partial charge in [0.25, 0.3) is 0 Å². The van der Waals surface area contributed by atoms with Gasteiger partial charge in [-0.3, -0.25) is 9.59 Å². The zero-order valence-electron chi connectivity index (χ0n) is 12.6. The number of hydrogen-bond acceptors (Lipinski definition) is 3. The lowest BCUT2D eigenvalue weighted by molar-refractivity contribution is -0.121. The third kappa shape index (κ3) is 2.76. The van der Waals surface area contributed by atoms with Gasteiger partial charge in [0.2, 0.25) is 11.8 Å². The number of carbonyl (C=O) groups is 2. The molecular formula is C17H18N2O2S. The molecule has 0 bridgehead atoms. The Balaban J connectivity index is 1.66. The van der Waals surface area contributed by atoms with Gasteiger partial charge < -0.3 is 10.6 Å². The van der Waals surface area contributed by atoms with Crippen molar-refractivity contribution in [2.24, 2.45) is 0 Å². The van der Waals surface area contributed by atoms with Crippen LogP contribution < -0.4 is 10.6 Å². The van der Waals surface area contributed by atoms with Crippen LogP contribution in [0.15, 0.2) is 35.7 Å². The molecule has 1 aliphatic heterocycles. The fraction of sp³-hybridized carbons (Fsp3) is 0.294. The van der Waals surface area contributed by atoms with E-state index in [1.165, 1.54) is 0 Å². The van der Waals surface area contributed by atoms with Gasteiger partial charge in [-0.1, -0.05) is 18.2 Å². The Hall–Kier alpha value is -2.14. The number of nitrogens with one attached hydrogen (secondary N) is 2. The number of carbonyl (C=O) groups excluding carboxylic acids is 2. The number of amides is 2. The van der Waals surface area contributed by atoms with E-state index in [-0.39, 0.29) is 11.8 Å². The first kappa shape index (κ1) is 14.8. The third-order valence-electron chi connectivity index (χ3n) is 3.98. The van der Waals surface area contributed by atoms with Gasteiger partial charge >= 0.3 is 0 Å². The molecule has 0 aliphatic carbocycles. The van der Waals surface area contributed by atoms with Crippen molar-refractivity contribution in [2.75, 3.05) is 5.32 Å². The van der Waals surface area contributed by atoms with Gasteiger partial charge in [-0.15, -0.1) is 11.3 Å². The first-order valence-electron chi connectivity index (χ1n) is 7.21. The second-order valence-corrected chi connectivity index (χ2v) is 7.02. The Kier molecular flexibility index (Phi) is 3.74. The third-order valence-corrected chi connectivity index (χ3v) is 4.85. The van der Waals surface area contributed by atoms with Gasteiger partial charge in [-0.25, -0.2) is 0 Å². The highest BCUT2D eigenvalue weighted by Crippen LogP contribution is 2.37.